The van der Waals surface area contributed by atoms with E-state index in [0.717, 1.165) is 25.7 Å². The number of ether oxygens (including phenoxy) is 1. The maximum absolute atomic E-state index is 11.5. The fourth-order valence-corrected chi connectivity index (χ4v) is 2.53. The summed E-state index contributed by atoms with van der Waals surface area (Å²) in [5.74, 6) is -0.557. The minimum absolute atomic E-state index is 0.141. The van der Waals surface area contributed by atoms with E-state index in [2.05, 4.69) is 12.2 Å². The average Bonchev–Trinajstić information content (AvgIpc) is 3.20. The molecule has 2 unspecified atom stereocenters. The van der Waals surface area contributed by atoms with Crippen molar-refractivity contribution in [3.8, 4) is 0 Å². The minimum Gasteiger partial charge on any atom is -0.480 e. The maximum Gasteiger partial charge on any atom is 0.326 e. The van der Waals surface area contributed by atoms with E-state index in [1.54, 1.807) is 7.05 Å². The van der Waals surface area contributed by atoms with Crippen LogP contribution in [-0.2, 0) is 9.53 Å². The molecule has 0 aromatic rings. The summed E-state index contributed by atoms with van der Waals surface area (Å²) in [6, 6.07) is 0. The molecule has 0 radical (unpaired) electrons. The summed E-state index contributed by atoms with van der Waals surface area (Å²) in [5, 5.41) is 12.4. The third kappa shape index (κ3) is 4.77. The van der Waals surface area contributed by atoms with Crippen molar-refractivity contribution in [2.75, 3.05) is 13.7 Å². The second-order valence-electron chi connectivity index (χ2n) is 5.77. The Morgan fingerprint density at radius 1 is 1.42 bits per heavy atom. The van der Waals surface area contributed by atoms with E-state index in [4.69, 9.17) is 4.74 Å². The van der Waals surface area contributed by atoms with E-state index in [-0.39, 0.29) is 18.6 Å². The molecule has 0 aliphatic heterocycles. The van der Waals surface area contributed by atoms with E-state index in [1.807, 2.05) is 6.92 Å². The normalized spacial score (nSPS) is 19.9. The Hall–Kier alpha value is -0.610. The molecule has 0 saturated heterocycles. The number of carboxylic acids is 1. The molecule has 0 amide bonds. The van der Waals surface area contributed by atoms with E-state index in [0.29, 0.717) is 0 Å². The number of likely N-dealkylation sites (N-methyl/N-ethyl adjacent to an activating group) is 1. The Bertz CT molecular complexity index is 279. The van der Waals surface area contributed by atoms with Gasteiger partial charge in [0.05, 0.1) is 12.7 Å². The molecule has 4 nitrogen and oxygen atoms in total. The Kier molecular flexibility index (Phi) is 6.80. The standard InChI is InChI=1S/C15H29NO3/c1-4-5-6-7-8-12(2)19-11-15(16-3,14(17)18)13-9-10-13/h12-13,16H,4-11H2,1-3H3,(H,17,18). The van der Waals surface area contributed by atoms with Gasteiger partial charge in [-0.3, -0.25) is 4.79 Å². The lowest BCUT2D eigenvalue weighted by atomic mass is 9.94. The van der Waals surface area contributed by atoms with E-state index in [9.17, 15) is 9.90 Å². The largest absolute Gasteiger partial charge is 0.480 e. The van der Waals surface area contributed by atoms with Crippen LogP contribution < -0.4 is 5.32 Å². The minimum atomic E-state index is -0.877. The van der Waals surface area contributed by atoms with Gasteiger partial charge in [0.15, 0.2) is 0 Å². The van der Waals surface area contributed by atoms with Crippen molar-refractivity contribution < 1.29 is 14.6 Å². The molecule has 0 aromatic heterocycles. The van der Waals surface area contributed by atoms with Crippen molar-refractivity contribution in [1.82, 2.24) is 5.32 Å². The lowest BCUT2D eigenvalue weighted by Gasteiger charge is -2.30. The predicted octanol–water partition coefficient (Wildman–Crippen LogP) is 2.81. The van der Waals surface area contributed by atoms with Crippen LogP contribution in [0, 0.1) is 5.92 Å². The topological polar surface area (TPSA) is 58.6 Å². The van der Waals surface area contributed by atoms with Crippen LogP contribution in [0.3, 0.4) is 0 Å². The molecule has 0 spiro atoms. The molecule has 0 bridgehead atoms. The molecule has 1 fully saturated rings. The highest BCUT2D eigenvalue weighted by Gasteiger charge is 2.50. The molecule has 0 heterocycles. The summed E-state index contributed by atoms with van der Waals surface area (Å²) in [6.07, 6.45) is 8.04. The van der Waals surface area contributed by atoms with Crippen LogP contribution in [-0.4, -0.2) is 36.4 Å². The van der Waals surface area contributed by atoms with E-state index in [1.165, 1.54) is 19.3 Å². The van der Waals surface area contributed by atoms with Gasteiger partial charge in [0.2, 0.25) is 0 Å². The maximum atomic E-state index is 11.5. The lowest BCUT2D eigenvalue weighted by Crippen LogP contribution is -2.56. The van der Waals surface area contributed by atoms with E-state index < -0.39 is 11.5 Å². The van der Waals surface area contributed by atoms with Crippen molar-refractivity contribution in [3.05, 3.63) is 0 Å². The number of nitrogens with one attached hydrogen (secondary N) is 1. The Labute approximate surface area is 116 Å². The number of unbranched alkanes of at least 4 members (excludes halogenated alkanes) is 3. The SMILES string of the molecule is CCCCCCC(C)OCC(NC)(C(=O)O)C1CC1. The third-order valence-electron chi connectivity index (χ3n) is 4.16. The molecule has 1 rings (SSSR count). The number of rotatable bonds is 11. The highest BCUT2D eigenvalue weighted by molar-refractivity contribution is 5.80. The van der Waals surface area contributed by atoms with Crippen LogP contribution in [0.25, 0.3) is 0 Å². The zero-order valence-corrected chi connectivity index (χ0v) is 12.6. The summed E-state index contributed by atoms with van der Waals surface area (Å²) < 4.78 is 5.80. The Morgan fingerprint density at radius 2 is 2.11 bits per heavy atom. The van der Waals surface area contributed by atoms with Crippen LogP contribution in [0.4, 0.5) is 0 Å². The molecule has 1 aliphatic carbocycles. The second kappa shape index (κ2) is 7.85. The molecule has 1 aliphatic rings. The molecule has 2 atom stereocenters. The first kappa shape index (κ1) is 16.4. The molecule has 4 heteroatoms. The monoisotopic (exact) mass is 271 g/mol. The quantitative estimate of drug-likeness (QED) is 0.567. The van der Waals surface area contributed by atoms with Crippen LogP contribution in [0.5, 0.6) is 0 Å². The van der Waals surface area contributed by atoms with Gasteiger partial charge in [0.25, 0.3) is 0 Å². The summed E-state index contributed by atoms with van der Waals surface area (Å²) in [7, 11) is 1.72. The molecular weight excluding hydrogens is 242 g/mol. The summed E-state index contributed by atoms with van der Waals surface area (Å²) >= 11 is 0. The van der Waals surface area contributed by atoms with E-state index >= 15 is 0 Å². The van der Waals surface area contributed by atoms with Crippen LogP contribution >= 0.6 is 0 Å². The smallest absolute Gasteiger partial charge is 0.326 e. The fourth-order valence-electron chi connectivity index (χ4n) is 2.53. The number of carbonyl (C=O) groups is 1. The zero-order valence-electron chi connectivity index (χ0n) is 12.6. The molecular formula is C15H29NO3. The molecule has 112 valence electrons. The average molecular weight is 271 g/mol. The van der Waals surface area contributed by atoms with Crippen molar-refractivity contribution in [2.24, 2.45) is 5.92 Å². The molecule has 1 saturated carbocycles. The molecule has 2 N–H and O–H groups in total. The van der Waals surface area contributed by atoms with Gasteiger partial charge in [-0.2, -0.15) is 0 Å². The summed E-state index contributed by atoms with van der Waals surface area (Å²) in [4.78, 5) is 11.5. The van der Waals surface area contributed by atoms with Crippen LogP contribution in [0.1, 0.15) is 58.8 Å². The first-order valence-electron chi connectivity index (χ1n) is 7.60. The molecule has 19 heavy (non-hydrogen) atoms. The van der Waals surface area contributed by atoms with Crippen molar-refractivity contribution >= 4 is 5.97 Å². The summed E-state index contributed by atoms with van der Waals surface area (Å²) in [5.41, 5.74) is -0.877. The predicted molar refractivity (Wildman–Crippen MR) is 76.3 cm³/mol. The van der Waals surface area contributed by atoms with Crippen molar-refractivity contribution in [3.63, 3.8) is 0 Å². The number of hydrogen-bond donors (Lipinski definition) is 2. The first-order chi connectivity index (χ1) is 9.06. The highest BCUT2D eigenvalue weighted by Crippen LogP contribution is 2.40. The number of aliphatic carboxylic acids is 1. The highest BCUT2D eigenvalue weighted by atomic mass is 16.5. The van der Waals surface area contributed by atoms with Gasteiger partial charge in [-0.15, -0.1) is 0 Å². The van der Waals surface area contributed by atoms with Crippen molar-refractivity contribution in [2.45, 2.75) is 70.4 Å². The second-order valence-corrected chi connectivity index (χ2v) is 5.77. The number of carboxylic acid groups (broad SMARTS) is 1. The third-order valence-corrected chi connectivity index (χ3v) is 4.16. The van der Waals surface area contributed by atoms with Crippen molar-refractivity contribution in [1.29, 1.82) is 0 Å². The Morgan fingerprint density at radius 3 is 2.58 bits per heavy atom. The van der Waals surface area contributed by atoms with Gasteiger partial charge >= 0.3 is 5.97 Å². The lowest BCUT2D eigenvalue weighted by molar-refractivity contribution is -0.150. The van der Waals surface area contributed by atoms with Gasteiger partial charge in [-0.05, 0) is 39.2 Å². The fraction of sp³-hybridized carbons (Fsp3) is 0.933. The van der Waals surface area contributed by atoms with Crippen LogP contribution in [0.15, 0.2) is 0 Å². The van der Waals surface area contributed by atoms with Gasteiger partial charge < -0.3 is 15.2 Å². The zero-order chi connectivity index (χ0) is 14.3. The Balaban J connectivity index is 2.33. The van der Waals surface area contributed by atoms with Crippen LogP contribution in [0.2, 0.25) is 0 Å². The molecule has 0 aromatic carbocycles. The van der Waals surface area contributed by atoms with Gasteiger partial charge in [0.1, 0.15) is 5.54 Å². The van der Waals surface area contributed by atoms with Gasteiger partial charge in [0, 0.05) is 0 Å². The summed E-state index contributed by atoms with van der Waals surface area (Å²) in [6.45, 7) is 4.52. The van der Waals surface area contributed by atoms with Gasteiger partial charge in [-0.1, -0.05) is 32.6 Å². The first-order valence-corrected chi connectivity index (χ1v) is 7.60. The number of hydrogen-bond acceptors (Lipinski definition) is 3. The van der Waals surface area contributed by atoms with Gasteiger partial charge in [-0.25, -0.2) is 0 Å².